The lowest BCUT2D eigenvalue weighted by Crippen LogP contribution is -2.19. The third-order valence-corrected chi connectivity index (χ3v) is 5.76. The van der Waals surface area contributed by atoms with E-state index in [9.17, 15) is 14.4 Å². The van der Waals surface area contributed by atoms with E-state index in [0.29, 0.717) is 34.7 Å². The third-order valence-electron chi connectivity index (χ3n) is 5.76. The topological polar surface area (TPSA) is 104 Å². The van der Waals surface area contributed by atoms with Gasteiger partial charge in [-0.15, -0.1) is 0 Å². The van der Waals surface area contributed by atoms with E-state index in [4.69, 9.17) is 14.2 Å². The molecule has 1 N–H and O–H groups in total. The average molecular weight is 521 g/mol. The van der Waals surface area contributed by atoms with Crippen LogP contribution in [0, 0.1) is 6.92 Å². The molecular weight excluding hydrogens is 484 g/mol. The zero-order valence-electron chi connectivity index (χ0n) is 23.0. The van der Waals surface area contributed by atoms with Crippen molar-refractivity contribution in [2.45, 2.75) is 45.6 Å². The maximum atomic E-state index is 13.6. The minimum Gasteiger partial charge on any atom is -0.496 e. The largest absolute Gasteiger partial charge is 0.496 e. The minimum atomic E-state index is -0.685. The first-order chi connectivity index (χ1) is 18.0. The van der Waals surface area contributed by atoms with Gasteiger partial charge in [-0.3, -0.25) is 9.59 Å². The molecule has 1 unspecified atom stereocenters. The van der Waals surface area contributed by atoms with Gasteiger partial charge in [-0.05, 0) is 63.1 Å². The number of hydrogen-bond acceptors (Lipinski definition) is 7. The van der Waals surface area contributed by atoms with Crippen molar-refractivity contribution in [3.05, 3.63) is 88.7 Å². The van der Waals surface area contributed by atoms with E-state index in [0.717, 1.165) is 5.56 Å². The summed E-state index contributed by atoms with van der Waals surface area (Å²) < 4.78 is 15.2. The van der Waals surface area contributed by atoms with Crippen molar-refractivity contribution >= 4 is 23.9 Å². The Morgan fingerprint density at radius 3 is 2.21 bits per heavy atom. The van der Waals surface area contributed by atoms with E-state index in [1.165, 1.54) is 7.11 Å². The van der Waals surface area contributed by atoms with Crippen LogP contribution >= 0.6 is 0 Å². The lowest BCUT2D eigenvalue weighted by Gasteiger charge is -2.21. The van der Waals surface area contributed by atoms with Gasteiger partial charge in [0.15, 0.2) is 5.78 Å². The average Bonchev–Trinajstić information content (AvgIpc) is 2.92. The highest BCUT2D eigenvalue weighted by atomic mass is 16.5. The number of amides is 1. The monoisotopic (exact) mass is 520 g/mol. The van der Waals surface area contributed by atoms with Crippen molar-refractivity contribution in [2.24, 2.45) is 0 Å². The quantitative estimate of drug-likeness (QED) is 0.229. The Labute approximate surface area is 224 Å². The van der Waals surface area contributed by atoms with E-state index in [1.807, 2.05) is 33.8 Å². The van der Waals surface area contributed by atoms with Crippen LogP contribution in [-0.2, 0) is 20.7 Å². The summed E-state index contributed by atoms with van der Waals surface area (Å²) in [7, 11) is 4.54. The van der Waals surface area contributed by atoms with Crippen molar-refractivity contribution in [3.63, 3.8) is 0 Å². The Kier molecular flexibility index (Phi) is 11.2. The number of benzene rings is 2. The molecule has 3 rings (SSSR count). The molecule has 0 saturated carbocycles. The molecule has 1 atom stereocenters. The molecule has 0 saturated heterocycles. The Hall–Kier alpha value is -4.04. The zero-order valence-corrected chi connectivity index (χ0v) is 23.0. The highest BCUT2D eigenvalue weighted by molar-refractivity contribution is 6.02. The first kappa shape index (κ1) is 30.2. The normalized spacial score (nSPS) is 11.4. The van der Waals surface area contributed by atoms with E-state index in [2.05, 4.69) is 10.3 Å². The van der Waals surface area contributed by atoms with Crippen molar-refractivity contribution in [2.75, 3.05) is 26.6 Å². The standard InChI is InChI=1S/C25H24N2O5.C5H12O/c1-16-12-22(26-15-28)19(14-23(16)31-2)20(24(29)17-8-5-4-6-9-17)13-18-10-7-11-21(27-18)25(30)32-3;1-5(2,3)6-4/h4-12,14-15,20H,13H2,1-3H3,(H,26,28);1-4H3. The van der Waals surface area contributed by atoms with Crippen LogP contribution in [0.2, 0.25) is 0 Å². The second-order valence-corrected chi connectivity index (χ2v) is 9.48. The number of Topliss-reactive ketones (excluding diaryl/α,β-unsaturated/α-hetero) is 1. The molecule has 3 aromatic rings. The third kappa shape index (κ3) is 8.52. The Morgan fingerprint density at radius 2 is 1.66 bits per heavy atom. The second kappa shape index (κ2) is 14.0. The number of hydrogen-bond donors (Lipinski definition) is 1. The molecule has 8 nitrogen and oxygen atoms in total. The van der Waals surface area contributed by atoms with Crippen LogP contribution in [0.25, 0.3) is 0 Å². The Morgan fingerprint density at radius 1 is 1.00 bits per heavy atom. The van der Waals surface area contributed by atoms with Crippen molar-refractivity contribution < 1.29 is 28.6 Å². The predicted molar refractivity (Wildman–Crippen MR) is 147 cm³/mol. The molecule has 8 heteroatoms. The fourth-order valence-electron chi connectivity index (χ4n) is 3.57. The number of aryl methyl sites for hydroxylation is 1. The van der Waals surface area contributed by atoms with Gasteiger partial charge in [0.25, 0.3) is 0 Å². The maximum absolute atomic E-state index is 13.6. The van der Waals surface area contributed by atoms with E-state index in [1.54, 1.807) is 68.8 Å². The molecular formula is C30H36N2O6. The fraction of sp³-hybridized carbons (Fsp3) is 0.333. The van der Waals surface area contributed by atoms with Crippen LogP contribution < -0.4 is 10.1 Å². The van der Waals surface area contributed by atoms with Crippen molar-refractivity contribution in [1.29, 1.82) is 0 Å². The van der Waals surface area contributed by atoms with Gasteiger partial charge in [0, 0.05) is 30.5 Å². The molecule has 1 aromatic heterocycles. The summed E-state index contributed by atoms with van der Waals surface area (Å²) in [5.74, 6) is -0.790. The van der Waals surface area contributed by atoms with Gasteiger partial charge < -0.3 is 19.5 Å². The van der Waals surface area contributed by atoms with Gasteiger partial charge in [0.2, 0.25) is 6.41 Å². The lowest BCUT2D eigenvalue weighted by molar-refractivity contribution is -0.105. The Bertz CT molecular complexity index is 1240. The summed E-state index contributed by atoms with van der Waals surface area (Å²) in [5, 5.41) is 2.70. The molecule has 0 aliphatic carbocycles. The zero-order chi connectivity index (χ0) is 28.3. The fourth-order valence-corrected chi connectivity index (χ4v) is 3.57. The summed E-state index contributed by atoms with van der Waals surface area (Å²) in [5.41, 5.74) is 3.19. The van der Waals surface area contributed by atoms with Crippen LogP contribution in [0.1, 0.15) is 64.4 Å². The number of nitrogens with zero attached hydrogens (tertiary/aromatic N) is 1. The number of aromatic nitrogens is 1. The highest BCUT2D eigenvalue weighted by Gasteiger charge is 2.27. The summed E-state index contributed by atoms with van der Waals surface area (Å²) in [6, 6.07) is 17.4. The van der Waals surface area contributed by atoms with E-state index < -0.39 is 11.9 Å². The van der Waals surface area contributed by atoms with Crippen LogP contribution in [0.3, 0.4) is 0 Å². The van der Waals surface area contributed by atoms with Crippen LogP contribution in [0.15, 0.2) is 60.7 Å². The van der Waals surface area contributed by atoms with Crippen molar-refractivity contribution in [1.82, 2.24) is 4.98 Å². The number of carbonyl (C=O) groups is 3. The molecule has 202 valence electrons. The summed E-state index contributed by atoms with van der Waals surface area (Å²) in [6.45, 7) is 7.92. The molecule has 0 aliphatic heterocycles. The van der Waals surface area contributed by atoms with E-state index >= 15 is 0 Å². The smallest absolute Gasteiger partial charge is 0.356 e. The number of esters is 1. The molecule has 1 amide bonds. The predicted octanol–water partition coefficient (Wildman–Crippen LogP) is 5.39. The first-order valence-corrected chi connectivity index (χ1v) is 12.1. The second-order valence-electron chi connectivity index (χ2n) is 9.48. The maximum Gasteiger partial charge on any atom is 0.356 e. The number of ketones is 1. The van der Waals surface area contributed by atoms with Gasteiger partial charge in [-0.1, -0.05) is 36.4 Å². The molecule has 0 aliphatic rings. The van der Waals surface area contributed by atoms with Gasteiger partial charge in [0.1, 0.15) is 11.4 Å². The van der Waals surface area contributed by atoms with Gasteiger partial charge >= 0.3 is 5.97 Å². The van der Waals surface area contributed by atoms with Crippen LogP contribution in [0.4, 0.5) is 5.69 Å². The number of carbonyl (C=O) groups excluding carboxylic acids is 3. The number of anilines is 1. The first-order valence-electron chi connectivity index (χ1n) is 12.1. The van der Waals surface area contributed by atoms with Gasteiger partial charge in [-0.2, -0.15) is 0 Å². The number of rotatable bonds is 9. The van der Waals surface area contributed by atoms with Gasteiger partial charge in [0.05, 0.1) is 25.7 Å². The minimum absolute atomic E-state index is 0.0417. The number of pyridine rings is 1. The Balaban J connectivity index is 0.000000757. The number of methoxy groups -OCH3 is 3. The molecule has 38 heavy (non-hydrogen) atoms. The highest BCUT2D eigenvalue weighted by Crippen LogP contribution is 2.35. The van der Waals surface area contributed by atoms with Gasteiger partial charge in [-0.25, -0.2) is 9.78 Å². The van der Waals surface area contributed by atoms with E-state index in [-0.39, 0.29) is 23.5 Å². The lowest BCUT2D eigenvalue weighted by atomic mass is 9.85. The number of ether oxygens (including phenoxy) is 3. The molecule has 0 radical (unpaired) electrons. The summed E-state index contributed by atoms with van der Waals surface area (Å²) in [6.07, 6.45) is 0.781. The molecule has 0 spiro atoms. The SMILES string of the molecule is COC(=O)c1cccc(CC(C(=O)c2ccccc2)c2cc(OC)c(C)cc2NC=O)n1.COC(C)(C)C. The molecule has 0 bridgehead atoms. The van der Waals surface area contributed by atoms with Crippen LogP contribution in [-0.4, -0.2) is 50.1 Å². The number of nitrogens with one attached hydrogen (secondary N) is 1. The molecule has 0 fully saturated rings. The molecule has 1 heterocycles. The summed E-state index contributed by atoms with van der Waals surface area (Å²) >= 11 is 0. The van der Waals surface area contributed by atoms with Crippen molar-refractivity contribution in [3.8, 4) is 5.75 Å². The molecule has 2 aromatic carbocycles. The van der Waals surface area contributed by atoms with Crippen LogP contribution in [0.5, 0.6) is 5.75 Å². The summed E-state index contributed by atoms with van der Waals surface area (Å²) in [4.78, 5) is 41.2.